The van der Waals surface area contributed by atoms with Crippen LogP contribution in [-0.2, 0) is 9.59 Å². The molecule has 0 spiro atoms. The maximum absolute atomic E-state index is 12.2. The summed E-state index contributed by atoms with van der Waals surface area (Å²) >= 11 is 5.92. The molecule has 2 heterocycles. The summed E-state index contributed by atoms with van der Waals surface area (Å²) in [6.45, 7) is 4.08. The maximum Gasteiger partial charge on any atom is 0.328 e. The van der Waals surface area contributed by atoms with Crippen molar-refractivity contribution in [3.8, 4) is 0 Å². The number of aliphatic carboxylic acids is 2. The highest BCUT2D eigenvalue weighted by Gasteiger charge is 2.17. The van der Waals surface area contributed by atoms with Crippen molar-refractivity contribution in [3.05, 3.63) is 41.2 Å². The quantitative estimate of drug-likeness (QED) is 0.436. The third kappa shape index (κ3) is 6.81. The van der Waals surface area contributed by atoms with Crippen molar-refractivity contribution >= 4 is 40.4 Å². The van der Waals surface area contributed by atoms with E-state index >= 15 is 0 Å². The Balaban J connectivity index is 0.000000279. The van der Waals surface area contributed by atoms with Crippen molar-refractivity contribution in [1.29, 1.82) is 0 Å². The Morgan fingerprint density at radius 2 is 1.78 bits per heavy atom. The van der Waals surface area contributed by atoms with E-state index < -0.39 is 11.9 Å². The number of carboxylic acid groups (broad SMARTS) is 2. The minimum Gasteiger partial charge on any atom is -0.478 e. The van der Waals surface area contributed by atoms with Crippen LogP contribution in [0.1, 0.15) is 10.6 Å². The molecule has 1 aromatic carbocycles. The zero-order chi connectivity index (χ0) is 19.8. The molecule has 1 fully saturated rings. The number of carbonyl (C=O) groups is 3. The Kier molecular flexibility index (Phi) is 7.47. The van der Waals surface area contributed by atoms with E-state index in [2.05, 4.69) is 20.2 Å². The lowest BCUT2D eigenvalue weighted by Gasteiger charge is -2.25. The molecule has 1 aromatic heterocycles. The van der Waals surface area contributed by atoms with E-state index in [1.165, 1.54) is 0 Å². The van der Waals surface area contributed by atoms with Gasteiger partial charge in [0.1, 0.15) is 0 Å². The van der Waals surface area contributed by atoms with Crippen LogP contribution in [0.3, 0.4) is 0 Å². The van der Waals surface area contributed by atoms with Gasteiger partial charge < -0.3 is 20.5 Å². The summed E-state index contributed by atoms with van der Waals surface area (Å²) in [4.78, 5) is 40.8. The van der Waals surface area contributed by atoms with Crippen LogP contribution in [-0.4, -0.2) is 75.5 Å². The molecule has 0 atom stereocenters. The Bertz CT molecular complexity index is 842. The second kappa shape index (κ2) is 9.81. The van der Waals surface area contributed by atoms with Gasteiger partial charge in [0.05, 0.1) is 17.6 Å². The number of carbonyl (C=O) groups excluding carboxylic acids is 1. The van der Waals surface area contributed by atoms with Gasteiger partial charge in [-0.1, -0.05) is 11.6 Å². The summed E-state index contributed by atoms with van der Waals surface area (Å²) in [5, 5.41) is 19.5. The number of aromatic amines is 1. The van der Waals surface area contributed by atoms with Crippen molar-refractivity contribution in [3.63, 3.8) is 0 Å². The monoisotopic (exact) mass is 394 g/mol. The molecule has 2 aromatic rings. The fourth-order valence-electron chi connectivity index (χ4n) is 2.40. The number of aromatic nitrogens is 2. The molecule has 1 aliphatic rings. The van der Waals surface area contributed by atoms with E-state index in [1.54, 1.807) is 12.1 Å². The zero-order valence-electron chi connectivity index (χ0n) is 14.3. The fourth-order valence-corrected chi connectivity index (χ4v) is 2.58. The number of carboxylic acids is 2. The normalized spacial score (nSPS) is 14.7. The molecule has 4 N–H and O–H groups in total. The highest BCUT2D eigenvalue weighted by molar-refractivity contribution is 6.31. The van der Waals surface area contributed by atoms with Crippen LogP contribution >= 0.6 is 11.6 Å². The molecule has 0 radical (unpaired) electrons. The van der Waals surface area contributed by atoms with Crippen LogP contribution in [0.15, 0.2) is 30.4 Å². The summed E-state index contributed by atoms with van der Waals surface area (Å²) in [5.74, 6) is -2.08. The Morgan fingerprint density at radius 3 is 2.37 bits per heavy atom. The van der Waals surface area contributed by atoms with Gasteiger partial charge in [0, 0.05) is 43.4 Å². The van der Waals surface area contributed by atoms with Crippen LogP contribution in [0.25, 0.3) is 11.0 Å². The number of imidazole rings is 1. The third-order valence-electron chi connectivity index (χ3n) is 3.65. The fraction of sp³-hybridized carbons (Fsp3) is 0.294. The number of halogens is 1. The molecule has 10 heteroatoms. The van der Waals surface area contributed by atoms with Crippen molar-refractivity contribution in [2.24, 2.45) is 0 Å². The van der Waals surface area contributed by atoms with Crippen molar-refractivity contribution in [2.45, 2.75) is 0 Å². The largest absolute Gasteiger partial charge is 0.478 e. The molecule has 0 bridgehead atoms. The first kappa shape index (κ1) is 20.6. The standard InChI is InChI=1S/C13H15ClN4O.C4H4O4/c14-9-1-2-10-11(7-9)17-13(16-10)12(19)8-18-5-3-15-4-6-18;5-3(6)1-2-4(7)8/h1-2,7,15H,3-6,8H2,(H,16,17);1-2H,(H,5,6)(H,7,8). The molecule has 144 valence electrons. The van der Waals surface area contributed by atoms with Crippen LogP contribution in [0.4, 0.5) is 0 Å². The maximum atomic E-state index is 12.2. The van der Waals surface area contributed by atoms with Gasteiger partial charge in [-0.3, -0.25) is 9.69 Å². The predicted molar refractivity (Wildman–Crippen MR) is 99.2 cm³/mol. The van der Waals surface area contributed by atoms with Gasteiger partial charge in [-0.15, -0.1) is 0 Å². The summed E-state index contributed by atoms with van der Waals surface area (Å²) in [5.41, 5.74) is 1.57. The second-order valence-corrected chi connectivity index (χ2v) is 6.14. The number of hydrogen-bond donors (Lipinski definition) is 4. The summed E-state index contributed by atoms with van der Waals surface area (Å²) in [7, 11) is 0. The first-order valence-corrected chi connectivity index (χ1v) is 8.48. The van der Waals surface area contributed by atoms with Crippen molar-refractivity contribution in [1.82, 2.24) is 20.2 Å². The topological polar surface area (TPSA) is 136 Å². The van der Waals surface area contributed by atoms with Crippen molar-refractivity contribution < 1.29 is 24.6 Å². The van der Waals surface area contributed by atoms with Gasteiger partial charge in [-0.05, 0) is 18.2 Å². The molecular weight excluding hydrogens is 376 g/mol. The molecule has 27 heavy (non-hydrogen) atoms. The molecule has 0 unspecified atom stereocenters. The number of piperazine rings is 1. The van der Waals surface area contributed by atoms with E-state index in [1.807, 2.05) is 6.07 Å². The van der Waals surface area contributed by atoms with Crippen LogP contribution in [0.2, 0.25) is 5.02 Å². The average molecular weight is 395 g/mol. The van der Waals surface area contributed by atoms with Gasteiger partial charge in [0.25, 0.3) is 0 Å². The molecule has 3 rings (SSSR count). The smallest absolute Gasteiger partial charge is 0.328 e. The van der Waals surface area contributed by atoms with Crippen LogP contribution in [0, 0.1) is 0 Å². The van der Waals surface area contributed by atoms with E-state index in [0.717, 1.165) is 37.2 Å². The minimum absolute atomic E-state index is 0.0224. The number of Topliss-reactive ketones (excluding diaryl/α,β-unsaturated/α-hetero) is 1. The van der Waals surface area contributed by atoms with Gasteiger partial charge in [-0.2, -0.15) is 0 Å². The number of nitrogens with one attached hydrogen (secondary N) is 2. The Labute approximate surface area is 159 Å². The van der Waals surface area contributed by atoms with E-state index in [0.29, 0.717) is 29.5 Å². The summed E-state index contributed by atoms with van der Waals surface area (Å²) in [6, 6.07) is 5.37. The number of hydrogen-bond acceptors (Lipinski definition) is 6. The molecule has 0 saturated carbocycles. The van der Waals surface area contributed by atoms with E-state index in [9.17, 15) is 14.4 Å². The van der Waals surface area contributed by atoms with Crippen LogP contribution < -0.4 is 5.32 Å². The summed E-state index contributed by atoms with van der Waals surface area (Å²) < 4.78 is 0. The highest BCUT2D eigenvalue weighted by atomic mass is 35.5. The van der Waals surface area contributed by atoms with Crippen LogP contribution in [0.5, 0.6) is 0 Å². The first-order valence-electron chi connectivity index (χ1n) is 8.10. The van der Waals surface area contributed by atoms with E-state index in [-0.39, 0.29) is 5.78 Å². The van der Waals surface area contributed by atoms with Gasteiger partial charge in [-0.25, -0.2) is 14.6 Å². The third-order valence-corrected chi connectivity index (χ3v) is 3.89. The average Bonchev–Trinajstić information content (AvgIpc) is 3.05. The number of rotatable bonds is 5. The lowest BCUT2D eigenvalue weighted by atomic mass is 10.3. The van der Waals surface area contributed by atoms with Gasteiger partial charge in [0.15, 0.2) is 5.82 Å². The summed E-state index contributed by atoms with van der Waals surface area (Å²) in [6.07, 6.45) is 1.12. The van der Waals surface area contributed by atoms with Gasteiger partial charge >= 0.3 is 11.9 Å². The molecular formula is C17H19ClN4O5. The first-order chi connectivity index (χ1) is 12.8. The molecule has 1 aliphatic heterocycles. The number of fused-ring (bicyclic) bond motifs is 1. The Morgan fingerprint density at radius 1 is 1.15 bits per heavy atom. The minimum atomic E-state index is -1.26. The van der Waals surface area contributed by atoms with Crippen molar-refractivity contribution in [2.75, 3.05) is 32.7 Å². The zero-order valence-corrected chi connectivity index (χ0v) is 15.1. The molecule has 0 aliphatic carbocycles. The molecule has 9 nitrogen and oxygen atoms in total. The van der Waals surface area contributed by atoms with Gasteiger partial charge in [0.2, 0.25) is 5.78 Å². The van der Waals surface area contributed by atoms with E-state index in [4.69, 9.17) is 21.8 Å². The lowest BCUT2D eigenvalue weighted by molar-refractivity contribution is -0.134. The lowest BCUT2D eigenvalue weighted by Crippen LogP contribution is -2.45. The number of benzene rings is 1. The SMILES string of the molecule is O=C(CN1CCNCC1)c1nc2ccc(Cl)cc2[nH]1.O=C(O)C=CC(=O)O. The predicted octanol–water partition coefficient (Wildman–Crippen LogP) is 1.02. The number of H-pyrrole nitrogens is 1. The highest BCUT2D eigenvalue weighted by Crippen LogP contribution is 2.17. The number of nitrogens with zero attached hydrogens (tertiary/aromatic N) is 2. The Hall–Kier alpha value is -2.75. The molecule has 0 amide bonds. The molecule has 1 saturated heterocycles. The number of ketones is 1. The second-order valence-electron chi connectivity index (χ2n) is 5.71.